The standard InChI is InChI=1S/C17H19Cl2N3O/c1-22(2)14-6-4-13(5-7-14)20-10-9-17(23)21-16-8-3-12(18)11-15(16)19/h3-8,11,20H,9-10H2,1-2H3,(H,21,23). The molecule has 2 rings (SSSR count). The van der Waals surface area contributed by atoms with E-state index < -0.39 is 0 Å². The van der Waals surface area contributed by atoms with Gasteiger partial charge < -0.3 is 15.5 Å². The fourth-order valence-electron chi connectivity index (χ4n) is 2.00. The second kappa shape index (κ2) is 8.09. The molecule has 0 atom stereocenters. The van der Waals surface area contributed by atoms with Crippen molar-refractivity contribution >= 4 is 46.2 Å². The molecule has 4 nitrogen and oxygen atoms in total. The topological polar surface area (TPSA) is 44.4 Å². The number of rotatable bonds is 6. The van der Waals surface area contributed by atoms with Gasteiger partial charge in [0.2, 0.25) is 5.91 Å². The van der Waals surface area contributed by atoms with Gasteiger partial charge in [0, 0.05) is 43.5 Å². The van der Waals surface area contributed by atoms with E-state index in [0.29, 0.717) is 28.7 Å². The lowest BCUT2D eigenvalue weighted by atomic mass is 10.2. The first-order valence-corrected chi connectivity index (χ1v) is 7.97. The molecule has 0 aromatic heterocycles. The summed E-state index contributed by atoms with van der Waals surface area (Å²) in [5.41, 5.74) is 2.68. The van der Waals surface area contributed by atoms with Gasteiger partial charge in [0.25, 0.3) is 0 Å². The Balaban J connectivity index is 1.80. The molecule has 0 unspecified atom stereocenters. The summed E-state index contributed by atoms with van der Waals surface area (Å²) < 4.78 is 0. The van der Waals surface area contributed by atoms with Crippen LogP contribution < -0.4 is 15.5 Å². The third-order valence-electron chi connectivity index (χ3n) is 3.27. The van der Waals surface area contributed by atoms with Crippen LogP contribution in [0, 0.1) is 0 Å². The summed E-state index contributed by atoms with van der Waals surface area (Å²) in [6.07, 6.45) is 0.342. The largest absolute Gasteiger partial charge is 0.385 e. The van der Waals surface area contributed by atoms with E-state index in [4.69, 9.17) is 23.2 Å². The average Bonchev–Trinajstić information content (AvgIpc) is 2.50. The Kier molecular flexibility index (Phi) is 6.13. The summed E-state index contributed by atoms with van der Waals surface area (Å²) in [5.74, 6) is -0.105. The van der Waals surface area contributed by atoms with Crippen molar-refractivity contribution in [2.75, 3.05) is 36.2 Å². The van der Waals surface area contributed by atoms with E-state index in [1.165, 1.54) is 0 Å². The number of nitrogens with one attached hydrogen (secondary N) is 2. The molecule has 1 amide bonds. The zero-order valence-electron chi connectivity index (χ0n) is 13.1. The van der Waals surface area contributed by atoms with E-state index in [9.17, 15) is 4.79 Å². The number of nitrogens with zero attached hydrogens (tertiary/aromatic N) is 1. The molecule has 0 aliphatic carbocycles. The summed E-state index contributed by atoms with van der Waals surface area (Å²) in [6, 6.07) is 13.0. The van der Waals surface area contributed by atoms with E-state index in [2.05, 4.69) is 10.6 Å². The molecule has 0 bridgehead atoms. The Morgan fingerprint density at radius 1 is 1.09 bits per heavy atom. The van der Waals surface area contributed by atoms with Crippen molar-refractivity contribution < 1.29 is 4.79 Å². The molecule has 0 saturated carbocycles. The third-order valence-corrected chi connectivity index (χ3v) is 3.82. The molecule has 2 aromatic rings. The highest BCUT2D eigenvalue weighted by molar-refractivity contribution is 6.36. The molecule has 2 N–H and O–H groups in total. The lowest BCUT2D eigenvalue weighted by Crippen LogP contribution is -2.16. The Morgan fingerprint density at radius 2 is 1.78 bits per heavy atom. The van der Waals surface area contributed by atoms with Crippen molar-refractivity contribution in [3.8, 4) is 0 Å². The second-order valence-corrected chi connectivity index (χ2v) is 6.13. The summed E-state index contributed by atoms with van der Waals surface area (Å²) in [6.45, 7) is 0.540. The fourth-order valence-corrected chi connectivity index (χ4v) is 2.46. The smallest absolute Gasteiger partial charge is 0.226 e. The first kappa shape index (κ1) is 17.4. The van der Waals surface area contributed by atoms with Crippen molar-refractivity contribution in [2.45, 2.75) is 6.42 Å². The average molecular weight is 352 g/mol. The second-order valence-electron chi connectivity index (χ2n) is 5.29. The van der Waals surface area contributed by atoms with Crippen LogP contribution in [0.15, 0.2) is 42.5 Å². The van der Waals surface area contributed by atoms with Crippen molar-refractivity contribution in [1.29, 1.82) is 0 Å². The number of hydrogen-bond donors (Lipinski definition) is 2. The van der Waals surface area contributed by atoms with Crippen molar-refractivity contribution in [1.82, 2.24) is 0 Å². The SMILES string of the molecule is CN(C)c1ccc(NCCC(=O)Nc2ccc(Cl)cc2Cl)cc1. The summed E-state index contributed by atoms with van der Waals surface area (Å²) >= 11 is 11.9. The molecule has 23 heavy (non-hydrogen) atoms. The summed E-state index contributed by atoms with van der Waals surface area (Å²) in [7, 11) is 3.99. The molecule has 0 spiro atoms. The van der Waals surface area contributed by atoms with Crippen LogP contribution in [0.2, 0.25) is 10.0 Å². The molecule has 0 fully saturated rings. The van der Waals surface area contributed by atoms with Gasteiger partial charge >= 0.3 is 0 Å². The Labute approximate surface area is 146 Å². The summed E-state index contributed by atoms with van der Waals surface area (Å²) in [4.78, 5) is 14.0. The molecule has 0 radical (unpaired) electrons. The van der Waals surface area contributed by atoms with Gasteiger partial charge in [-0.15, -0.1) is 0 Å². The zero-order valence-corrected chi connectivity index (χ0v) is 14.6. The lowest BCUT2D eigenvalue weighted by Gasteiger charge is -2.13. The number of carbonyl (C=O) groups excluding carboxylic acids is 1. The number of anilines is 3. The van der Waals surface area contributed by atoms with Crippen LogP contribution in [-0.2, 0) is 4.79 Å². The van der Waals surface area contributed by atoms with Gasteiger partial charge in [-0.25, -0.2) is 0 Å². The van der Waals surface area contributed by atoms with Crippen molar-refractivity contribution in [3.63, 3.8) is 0 Å². The zero-order chi connectivity index (χ0) is 16.8. The van der Waals surface area contributed by atoms with Crippen LogP contribution in [0.5, 0.6) is 0 Å². The van der Waals surface area contributed by atoms with Crippen molar-refractivity contribution in [2.24, 2.45) is 0 Å². The van der Waals surface area contributed by atoms with E-state index in [1.54, 1.807) is 18.2 Å². The van der Waals surface area contributed by atoms with Crippen LogP contribution in [0.4, 0.5) is 17.1 Å². The number of hydrogen-bond acceptors (Lipinski definition) is 3. The highest BCUT2D eigenvalue weighted by Crippen LogP contribution is 2.25. The van der Waals surface area contributed by atoms with Gasteiger partial charge in [0.05, 0.1) is 10.7 Å². The normalized spacial score (nSPS) is 10.3. The molecule has 6 heteroatoms. The first-order chi connectivity index (χ1) is 11.0. The molecule has 0 aliphatic rings. The monoisotopic (exact) mass is 351 g/mol. The Morgan fingerprint density at radius 3 is 2.39 bits per heavy atom. The first-order valence-electron chi connectivity index (χ1n) is 7.22. The van der Waals surface area contributed by atoms with Crippen molar-refractivity contribution in [3.05, 3.63) is 52.5 Å². The number of amides is 1. The van der Waals surface area contributed by atoms with Gasteiger partial charge in [-0.3, -0.25) is 4.79 Å². The molecular weight excluding hydrogens is 333 g/mol. The van der Waals surface area contributed by atoms with E-state index >= 15 is 0 Å². The van der Waals surface area contributed by atoms with Gasteiger partial charge in [0.15, 0.2) is 0 Å². The predicted molar refractivity (Wildman–Crippen MR) is 99.0 cm³/mol. The maximum Gasteiger partial charge on any atom is 0.226 e. The van der Waals surface area contributed by atoms with Crippen LogP contribution in [-0.4, -0.2) is 26.5 Å². The minimum atomic E-state index is -0.105. The van der Waals surface area contributed by atoms with E-state index in [1.807, 2.05) is 43.3 Å². The maximum atomic E-state index is 11.9. The minimum Gasteiger partial charge on any atom is -0.385 e. The van der Waals surface area contributed by atoms with Crippen LogP contribution in [0.25, 0.3) is 0 Å². The van der Waals surface area contributed by atoms with Gasteiger partial charge in [0.1, 0.15) is 0 Å². The molecule has 2 aromatic carbocycles. The van der Waals surface area contributed by atoms with Crippen LogP contribution in [0.3, 0.4) is 0 Å². The quantitative estimate of drug-likeness (QED) is 0.805. The van der Waals surface area contributed by atoms with Crippen LogP contribution in [0.1, 0.15) is 6.42 Å². The highest BCUT2D eigenvalue weighted by Gasteiger charge is 2.06. The lowest BCUT2D eigenvalue weighted by molar-refractivity contribution is -0.115. The fraction of sp³-hybridized carbons (Fsp3) is 0.235. The predicted octanol–water partition coefficient (Wildman–Crippen LogP) is 4.50. The number of halogens is 2. The van der Waals surface area contributed by atoms with E-state index in [0.717, 1.165) is 11.4 Å². The Hall–Kier alpha value is -1.91. The molecule has 0 saturated heterocycles. The highest BCUT2D eigenvalue weighted by atomic mass is 35.5. The number of carbonyl (C=O) groups is 1. The van der Waals surface area contributed by atoms with E-state index in [-0.39, 0.29) is 5.91 Å². The molecule has 0 aliphatic heterocycles. The number of benzene rings is 2. The minimum absolute atomic E-state index is 0.105. The van der Waals surface area contributed by atoms with Gasteiger partial charge in [-0.2, -0.15) is 0 Å². The maximum absolute atomic E-state index is 11.9. The molecule has 0 heterocycles. The molecule has 122 valence electrons. The van der Waals surface area contributed by atoms with Gasteiger partial charge in [-0.05, 0) is 42.5 Å². The Bertz CT molecular complexity index is 672. The van der Waals surface area contributed by atoms with Gasteiger partial charge in [-0.1, -0.05) is 23.2 Å². The molecular formula is C17H19Cl2N3O. The third kappa shape index (κ3) is 5.34. The summed E-state index contributed by atoms with van der Waals surface area (Å²) in [5, 5.41) is 6.96. The van der Waals surface area contributed by atoms with Crippen LogP contribution >= 0.6 is 23.2 Å².